The summed E-state index contributed by atoms with van der Waals surface area (Å²) in [5, 5.41) is 14.0. The van der Waals surface area contributed by atoms with E-state index in [0.717, 1.165) is 5.56 Å². The molecule has 0 bridgehead atoms. The number of nitrogens with zero attached hydrogens (tertiary/aromatic N) is 5. The molecule has 0 saturated carbocycles. The van der Waals surface area contributed by atoms with Gasteiger partial charge in [0.15, 0.2) is 5.52 Å². The summed E-state index contributed by atoms with van der Waals surface area (Å²) in [6, 6.07) is 9.69. The topological polar surface area (TPSA) is 98.8 Å². The Morgan fingerprint density at radius 3 is 2.76 bits per heavy atom. The number of aryl methyl sites for hydroxylation is 1. The Morgan fingerprint density at radius 2 is 2.05 bits per heavy atom. The van der Waals surface area contributed by atoms with E-state index in [1.165, 1.54) is 0 Å². The Kier molecular flexibility index (Phi) is 3.19. The lowest BCUT2D eigenvalue weighted by Gasteiger charge is -2.03. The van der Waals surface area contributed by atoms with E-state index in [2.05, 4.69) is 20.3 Å². The van der Waals surface area contributed by atoms with Gasteiger partial charge in [0.1, 0.15) is 0 Å². The molecule has 8 heteroatoms. The molecular weight excluding hydrogens is 272 g/mol. The van der Waals surface area contributed by atoms with Crippen LogP contribution in [0.1, 0.15) is 5.56 Å². The number of fused-ring (bicyclic) bond motifs is 1. The molecule has 0 spiro atoms. The molecule has 0 radical (unpaired) electrons. The fourth-order valence-electron chi connectivity index (χ4n) is 1.98. The third-order valence-corrected chi connectivity index (χ3v) is 3.01. The molecule has 106 valence electrons. The summed E-state index contributed by atoms with van der Waals surface area (Å²) in [7, 11) is 1.73. The van der Waals surface area contributed by atoms with Crippen LogP contribution < -0.4 is 5.32 Å². The number of rotatable bonds is 4. The average molecular weight is 284 g/mol. The molecule has 1 N–H and O–H groups in total. The molecule has 1 aromatic carbocycles. The zero-order valence-corrected chi connectivity index (χ0v) is 11.2. The Labute approximate surface area is 119 Å². The number of nitro groups is 1. The lowest BCUT2D eigenvalue weighted by molar-refractivity contribution is -0.394. The van der Waals surface area contributed by atoms with E-state index >= 15 is 0 Å². The van der Waals surface area contributed by atoms with Gasteiger partial charge in [0.05, 0.1) is 6.33 Å². The molecular formula is C13H12N6O2. The number of anilines is 1. The maximum absolute atomic E-state index is 10.9. The van der Waals surface area contributed by atoms with Crippen molar-refractivity contribution in [3.63, 3.8) is 0 Å². The quantitative estimate of drug-likeness (QED) is 0.580. The van der Waals surface area contributed by atoms with Crippen molar-refractivity contribution in [2.75, 3.05) is 5.32 Å². The average Bonchev–Trinajstić information content (AvgIpc) is 2.87. The Hall–Kier alpha value is -3.03. The standard InChI is InChI=1S/C13H12N6O2/c1-18-8-15-10-11(14-7-9-5-3-2-4-6-9)16-13(19(20)21)17-12(10)18/h2-6,8H,7H2,1H3,(H,14,16,17). The smallest absolute Gasteiger partial charge is 0.390 e. The van der Waals surface area contributed by atoms with E-state index in [0.29, 0.717) is 23.5 Å². The van der Waals surface area contributed by atoms with E-state index in [-0.39, 0.29) is 0 Å². The normalized spacial score (nSPS) is 10.7. The first-order chi connectivity index (χ1) is 10.1. The van der Waals surface area contributed by atoms with Crippen LogP contribution in [0.2, 0.25) is 0 Å². The summed E-state index contributed by atoms with van der Waals surface area (Å²) in [5.74, 6) is -0.0854. The molecule has 0 saturated heterocycles. The summed E-state index contributed by atoms with van der Waals surface area (Å²) < 4.78 is 1.62. The van der Waals surface area contributed by atoms with Crippen molar-refractivity contribution in [2.24, 2.45) is 7.05 Å². The van der Waals surface area contributed by atoms with Gasteiger partial charge in [-0.25, -0.2) is 4.98 Å². The number of aromatic nitrogens is 4. The van der Waals surface area contributed by atoms with Gasteiger partial charge in [-0.15, -0.1) is 0 Å². The third kappa shape index (κ3) is 2.50. The van der Waals surface area contributed by atoms with E-state index in [1.54, 1.807) is 17.9 Å². The number of benzene rings is 1. The Bertz CT molecular complexity index is 799. The molecule has 0 unspecified atom stereocenters. The van der Waals surface area contributed by atoms with Crippen molar-refractivity contribution in [2.45, 2.75) is 6.54 Å². The van der Waals surface area contributed by atoms with Crippen molar-refractivity contribution in [3.8, 4) is 0 Å². The van der Waals surface area contributed by atoms with Gasteiger partial charge in [0.25, 0.3) is 0 Å². The van der Waals surface area contributed by atoms with Crippen LogP contribution in [0, 0.1) is 10.1 Å². The Balaban J connectivity index is 1.98. The van der Waals surface area contributed by atoms with E-state index in [9.17, 15) is 10.1 Å². The molecule has 2 heterocycles. The van der Waals surface area contributed by atoms with E-state index in [4.69, 9.17) is 0 Å². The maximum atomic E-state index is 10.9. The minimum atomic E-state index is -0.611. The van der Waals surface area contributed by atoms with Crippen molar-refractivity contribution < 1.29 is 4.92 Å². The maximum Gasteiger partial charge on any atom is 0.473 e. The van der Waals surface area contributed by atoms with Gasteiger partial charge in [0, 0.05) is 13.6 Å². The van der Waals surface area contributed by atoms with Gasteiger partial charge < -0.3 is 20.0 Å². The zero-order valence-electron chi connectivity index (χ0n) is 11.2. The number of hydrogen-bond acceptors (Lipinski definition) is 6. The highest BCUT2D eigenvalue weighted by atomic mass is 16.6. The predicted molar refractivity (Wildman–Crippen MR) is 76.7 cm³/mol. The first-order valence-corrected chi connectivity index (χ1v) is 6.26. The van der Waals surface area contributed by atoms with Gasteiger partial charge in [0.2, 0.25) is 11.5 Å². The predicted octanol–water partition coefficient (Wildman–Crippen LogP) is 1.88. The summed E-state index contributed by atoms with van der Waals surface area (Å²) in [4.78, 5) is 22.3. The fraction of sp³-hybridized carbons (Fsp3) is 0.154. The molecule has 8 nitrogen and oxygen atoms in total. The second kappa shape index (κ2) is 5.16. The molecule has 0 aliphatic carbocycles. The minimum absolute atomic E-state index is 0.358. The van der Waals surface area contributed by atoms with Crippen LogP contribution in [0.4, 0.5) is 11.8 Å². The minimum Gasteiger partial charge on any atom is -0.390 e. The molecule has 0 amide bonds. The first kappa shape index (κ1) is 13.0. The van der Waals surface area contributed by atoms with Crippen LogP contribution in [0.5, 0.6) is 0 Å². The summed E-state index contributed by atoms with van der Waals surface area (Å²) in [6.07, 6.45) is 1.55. The van der Waals surface area contributed by atoms with Crippen molar-refractivity contribution in [1.82, 2.24) is 19.5 Å². The molecule has 3 aromatic rings. The molecule has 2 aromatic heterocycles. The Morgan fingerprint density at radius 1 is 1.29 bits per heavy atom. The van der Waals surface area contributed by atoms with E-state index < -0.39 is 10.9 Å². The van der Waals surface area contributed by atoms with Crippen LogP contribution in [-0.4, -0.2) is 24.4 Å². The molecule has 0 atom stereocenters. The number of nitrogens with one attached hydrogen (secondary N) is 1. The third-order valence-electron chi connectivity index (χ3n) is 3.01. The second-order valence-electron chi connectivity index (χ2n) is 4.50. The van der Waals surface area contributed by atoms with Crippen LogP contribution in [0.25, 0.3) is 11.2 Å². The fourth-order valence-corrected chi connectivity index (χ4v) is 1.98. The summed E-state index contributed by atoms with van der Waals surface area (Å²) in [5.41, 5.74) is 1.98. The van der Waals surface area contributed by atoms with Gasteiger partial charge >= 0.3 is 5.95 Å². The van der Waals surface area contributed by atoms with Gasteiger partial charge in [-0.2, -0.15) is 0 Å². The number of imidazole rings is 1. The highest BCUT2D eigenvalue weighted by Gasteiger charge is 2.21. The SMILES string of the molecule is Cn1cnc2c(NCc3ccccc3)nc([N+](=O)[O-])nc21. The zero-order chi connectivity index (χ0) is 14.8. The van der Waals surface area contributed by atoms with Crippen LogP contribution >= 0.6 is 0 Å². The van der Waals surface area contributed by atoms with Crippen LogP contribution in [0.3, 0.4) is 0 Å². The highest BCUT2D eigenvalue weighted by Crippen LogP contribution is 2.21. The van der Waals surface area contributed by atoms with Crippen molar-refractivity contribution in [3.05, 3.63) is 52.3 Å². The molecule has 21 heavy (non-hydrogen) atoms. The van der Waals surface area contributed by atoms with Gasteiger partial charge in [-0.3, -0.25) is 0 Å². The van der Waals surface area contributed by atoms with Crippen molar-refractivity contribution >= 4 is 22.9 Å². The monoisotopic (exact) mass is 284 g/mol. The van der Waals surface area contributed by atoms with Gasteiger partial charge in [-0.05, 0) is 20.5 Å². The lowest BCUT2D eigenvalue weighted by atomic mass is 10.2. The summed E-state index contributed by atoms with van der Waals surface area (Å²) in [6.45, 7) is 0.501. The van der Waals surface area contributed by atoms with Crippen molar-refractivity contribution in [1.29, 1.82) is 0 Å². The largest absolute Gasteiger partial charge is 0.473 e. The second-order valence-corrected chi connectivity index (χ2v) is 4.50. The first-order valence-electron chi connectivity index (χ1n) is 6.26. The highest BCUT2D eigenvalue weighted by molar-refractivity contribution is 5.83. The lowest BCUT2D eigenvalue weighted by Crippen LogP contribution is -2.06. The van der Waals surface area contributed by atoms with E-state index in [1.807, 2.05) is 30.3 Å². The molecule has 0 aliphatic heterocycles. The molecule has 0 fully saturated rings. The van der Waals surface area contributed by atoms with Crippen LogP contribution in [-0.2, 0) is 13.6 Å². The number of hydrogen-bond donors (Lipinski definition) is 1. The summed E-state index contributed by atoms with van der Waals surface area (Å²) >= 11 is 0. The molecule has 0 aliphatic rings. The van der Waals surface area contributed by atoms with Gasteiger partial charge in [-0.1, -0.05) is 30.3 Å². The van der Waals surface area contributed by atoms with Crippen LogP contribution in [0.15, 0.2) is 36.7 Å². The molecule has 3 rings (SSSR count).